The van der Waals surface area contributed by atoms with E-state index >= 15 is 0 Å². The maximum Gasteiger partial charge on any atom is 0.163 e. The molecule has 0 aliphatic carbocycles. The van der Waals surface area contributed by atoms with Crippen molar-refractivity contribution in [1.82, 2.24) is 19.5 Å². The lowest BCUT2D eigenvalue weighted by atomic mass is 10.1. The number of fused-ring (bicyclic) bond motifs is 5. The van der Waals surface area contributed by atoms with Crippen molar-refractivity contribution >= 4 is 43.2 Å². The lowest BCUT2D eigenvalue weighted by molar-refractivity contribution is 1.04. The number of thiophene rings is 1. The molecule has 0 aliphatic rings. The van der Waals surface area contributed by atoms with Gasteiger partial charge in [0.15, 0.2) is 5.82 Å². The van der Waals surface area contributed by atoms with Gasteiger partial charge in [-0.15, -0.1) is 11.3 Å². The molecule has 0 atom stereocenters. The summed E-state index contributed by atoms with van der Waals surface area (Å²) in [4.78, 5) is 13.5. The summed E-state index contributed by atoms with van der Waals surface area (Å²) in [7, 11) is 0. The summed E-state index contributed by atoms with van der Waals surface area (Å²) < 4.78 is 3.53. The molecule has 0 amide bonds. The Morgan fingerprint density at radius 2 is 1.75 bits per heavy atom. The number of hydrogen-bond acceptors (Lipinski definition) is 4. The third kappa shape index (κ3) is 2.20. The Labute approximate surface area is 164 Å². The van der Waals surface area contributed by atoms with Crippen LogP contribution in [0.3, 0.4) is 0 Å². The molecule has 6 aromatic rings. The van der Waals surface area contributed by atoms with Crippen molar-refractivity contribution < 1.29 is 0 Å². The molecule has 0 N–H and O–H groups in total. The van der Waals surface area contributed by atoms with Crippen LogP contribution in [0.25, 0.3) is 49.1 Å². The van der Waals surface area contributed by atoms with Gasteiger partial charge in [-0.05, 0) is 47.8 Å². The van der Waals surface area contributed by atoms with Crippen molar-refractivity contribution in [1.29, 1.82) is 0 Å². The highest BCUT2D eigenvalue weighted by molar-refractivity contribution is 7.17. The number of para-hydroxylation sites is 1. The SMILES string of the molecule is c1cncc(-c2nccc(-n3c4ccccc4c4c5ccsc5ccc43)n2)c1. The quantitative estimate of drug-likeness (QED) is 0.379. The molecule has 0 aliphatic heterocycles. The van der Waals surface area contributed by atoms with Crippen molar-refractivity contribution in [2.75, 3.05) is 0 Å². The second-order valence-electron chi connectivity index (χ2n) is 6.62. The molecule has 0 saturated carbocycles. The maximum atomic E-state index is 4.87. The average Bonchev–Trinajstić information content (AvgIpc) is 3.36. The monoisotopic (exact) mass is 378 g/mol. The molecule has 0 fully saturated rings. The molecule has 6 rings (SSSR count). The van der Waals surface area contributed by atoms with Crippen LogP contribution in [0.5, 0.6) is 0 Å². The minimum atomic E-state index is 0.674. The predicted octanol–water partition coefficient (Wildman–Crippen LogP) is 5.85. The van der Waals surface area contributed by atoms with Gasteiger partial charge in [-0.25, -0.2) is 9.97 Å². The van der Waals surface area contributed by atoms with E-state index in [0.717, 1.165) is 22.4 Å². The number of pyridine rings is 1. The van der Waals surface area contributed by atoms with Gasteiger partial charge in [0.2, 0.25) is 0 Å². The zero-order valence-electron chi connectivity index (χ0n) is 14.8. The standard InChI is InChI=1S/C23H14N4S/c1-2-6-18-16(5-1)22-17-10-13-28-20(17)8-7-19(22)27(18)21-9-12-25-23(26-21)15-4-3-11-24-14-15/h1-14H. The van der Waals surface area contributed by atoms with Crippen LogP contribution in [0.4, 0.5) is 0 Å². The van der Waals surface area contributed by atoms with Crippen LogP contribution < -0.4 is 0 Å². The smallest absolute Gasteiger partial charge is 0.163 e. The van der Waals surface area contributed by atoms with Gasteiger partial charge >= 0.3 is 0 Å². The van der Waals surface area contributed by atoms with Crippen LogP contribution in [0.1, 0.15) is 0 Å². The van der Waals surface area contributed by atoms with Crippen LogP contribution in [0.15, 0.2) is 84.6 Å². The minimum absolute atomic E-state index is 0.674. The lowest BCUT2D eigenvalue weighted by Crippen LogP contribution is -2.00. The van der Waals surface area contributed by atoms with Crippen molar-refractivity contribution in [2.45, 2.75) is 0 Å². The summed E-state index contributed by atoms with van der Waals surface area (Å²) in [6.45, 7) is 0. The Kier molecular flexibility index (Phi) is 3.30. The van der Waals surface area contributed by atoms with Crippen molar-refractivity contribution in [3.8, 4) is 17.2 Å². The Balaban J connectivity index is 1.71. The van der Waals surface area contributed by atoms with E-state index in [4.69, 9.17) is 4.98 Å². The highest BCUT2D eigenvalue weighted by atomic mass is 32.1. The molecule has 0 radical (unpaired) electrons. The van der Waals surface area contributed by atoms with E-state index in [2.05, 4.69) is 62.4 Å². The van der Waals surface area contributed by atoms with Gasteiger partial charge in [0.05, 0.1) is 11.0 Å². The fourth-order valence-electron chi connectivity index (χ4n) is 3.87. The van der Waals surface area contributed by atoms with E-state index in [1.807, 2.05) is 24.4 Å². The van der Waals surface area contributed by atoms with Gasteiger partial charge in [-0.3, -0.25) is 9.55 Å². The topological polar surface area (TPSA) is 43.6 Å². The summed E-state index contributed by atoms with van der Waals surface area (Å²) in [5, 5.41) is 5.96. The number of benzene rings is 2. The molecule has 0 saturated heterocycles. The highest BCUT2D eigenvalue weighted by Crippen LogP contribution is 2.38. The molecule has 4 heterocycles. The first-order valence-electron chi connectivity index (χ1n) is 9.03. The Bertz CT molecular complexity index is 1460. The van der Waals surface area contributed by atoms with Gasteiger partial charge in [0.25, 0.3) is 0 Å². The summed E-state index contributed by atoms with van der Waals surface area (Å²) >= 11 is 1.77. The van der Waals surface area contributed by atoms with Crippen molar-refractivity contribution in [2.24, 2.45) is 0 Å². The third-order valence-electron chi connectivity index (χ3n) is 5.06. The van der Waals surface area contributed by atoms with Gasteiger partial charge in [-0.1, -0.05) is 18.2 Å². The second-order valence-corrected chi connectivity index (χ2v) is 7.57. The Morgan fingerprint density at radius 3 is 2.68 bits per heavy atom. The van der Waals surface area contributed by atoms with E-state index < -0.39 is 0 Å². The van der Waals surface area contributed by atoms with E-state index in [1.165, 1.54) is 20.9 Å². The van der Waals surface area contributed by atoms with Crippen LogP contribution in [0, 0.1) is 0 Å². The minimum Gasteiger partial charge on any atom is -0.294 e. The van der Waals surface area contributed by atoms with Gasteiger partial charge < -0.3 is 0 Å². The number of nitrogens with zero attached hydrogens (tertiary/aromatic N) is 4. The highest BCUT2D eigenvalue weighted by Gasteiger charge is 2.16. The number of aromatic nitrogens is 4. The van der Waals surface area contributed by atoms with E-state index in [-0.39, 0.29) is 0 Å². The molecule has 28 heavy (non-hydrogen) atoms. The molecular formula is C23H14N4S. The van der Waals surface area contributed by atoms with E-state index in [0.29, 0.717) is 5.82 Å². The molecule has 4 nitrogen and oxygen atoms in total. The van der Waals surface area contributed by atoms with Gasteiger partial charge in [0, 0.05) is 45.0 Å². The Hall–Kier alpha value is -3.57. The molecule has 0 spiro atoms. The lowest BCUT2D eigenvalue weighted by Gasteiger charge is -2.08. The zero-order chi connectivity index (χ0) is 18.5. The summed E-state index contributed by atoms with van der Waals surface area (Å²) in [6.07, 6.45) is 5.36. The predicted molar refractivity (Wildman–Crippen MR) is 115 cm³/mol. The second kappa shape index (κ2) is 5.97. The zero-order valence-corrected chi connectivity index (χ0v) is 15.6. The summed E-state index contributed by atoms with van der Waals surface area (Å²) in [5.41, 5.74) is 3.21. The molecule has 4 aromatic heterocycles. The van der Waals surface area contributed by atoms with Crippen LogP contribution >= 0.6 is 11.3 Å². The molecular weight excluding hydrogens is 364 g/mol. The first-order chi connectivity index (χ1) is 13.9. The summed E-state index contributed by atoms with van der Waals surface area (Å²) in [6, 6.07) is 21.0. The van der Waals surface area contributed by atoms with Gasteiger partial charge in [0.1, 0.15) is 5.82 Å². The van der Waals surface area contributed by atoms with Crippen LogP contribution in [0.2, 0.25) is 0 Å². The molecule has 2 aromatic carbocycles. The summed E-state index contributed by atoms with van der Waals surface area (Å²) in [5.74, 6) is 1.53. The van der Waals surface area contributed by atoms with E-state index in [1.54, 1.807) is 23.7 Å². The fraction of sp³-hybridized carbons (Fsp3) is 0. The first kappa shape index (κ1) is 15.5. The molecule has 5 heteroatoms. The van der Waals surface area contributed by atoms with Crippen LogP contribution in [-0.2, 0) is 0 Å². The third-order valence-corrected chi connectivity index (χ3v) is 5.94. The molecule has 132 valence electrons. The normalized spacial score (nSPS) is 11.6. The number of hydrogen-bond donors (Lipinski definition) is 0. The van der Waals surface area contributed by atoms with E-state index in [9.17, 15) is 0 Å². The Morgan fingerprint density at radius 1 is 0.786 bits per heavy atom. The fourth-order valence-corrected chi connectivity index (χ4v) is 4.66. The first-order valence-corrected chi connectivity index (χ1v) is 9.91. The van der Waals surface area contributed by atoms with Gasteiger partial charge in [-0.2, -0.15) is 0 Å². The largest absolute Gasteiger partial charge is 0.294 e. The van der Waals surface area contributed by atoms with Crippen molar-refractivity contribution in [3.63, 3.8) is 0 Å². The van der Waals surface area contributed by atoms with Crippen molar-refractivity contribution in [3.05, 3.63) is 84.6 Å². The molecule has 0 unspecified atom stereocenters. The maximum absolute atomic E-state index is 4.87. The molecule has 0 bridgehead atoms. The average molecular weight is 378 g/mol. The van der Waals surface area contributed by atoms with Crippen LogP contribution in [-0.4, -0.2) is 19.5 Å². The number of rotatable bonds is 2.